The summed E-state index contributed by atoms with van der Waals surface area (Å²) in [5, 5.41) is 3.17. The molecule has 3 heterocycles. The zero-order valence-electron chi connectivity index (χ0n) is 30.5. The Morgan fingerprint density at radius 3 is 2.15 bits per heavy atom. The summed E-state index contributed by atoms with van der Waals surface area (Å²) in [6.07, 6.45) is -0.515. The first-order valence-corrected chi connectivity index (χ1v) is 17.6. The maximum atomic E-state index is 13.1. The Labute approximate surface area is 307 Å². The van der Waals surface area contributed by atoms with Crippen LogP contribution in [0.25, 0.3) is 11.2 Å². The van der Waals surface area contributed by atoms with Gasteiger partial charge in [-0.25, -0.2) is 4.98 Å². The fourth-order valence-corrected chi connectivity index (χ4v) is 6.45. The molecule has 1 aliphatic rings. The smallest absolute Gasteiger partial charge is 0.306 e. The monoisotopic (exact) mass is 723 g/mol. The van der Waals surface area contributed by atoms with Crippen molar-refractivity contribution in [2.24, 2.45) is 5.92 Å². The predicted octanol–water partition coefficient (Wildman–Crippen LogP) is 5.78. The maximum absolute atomic E-state index is 13.1. The van der Waals surface area contributed by atoms with Crippen molar-refractivity contribution in [3.05, 3.63) is 112 Å². The summed E-state index contributed by atoms with van der Waals surface area (Å²) < 4.78 is 32.4. The summed E-state index contributed by atoms with van der Waals surface area (Å²) in [7, 11) is 3.23. The van der Waals surface area contributed by atoms with E-state index in [0.29, 0.717) is 35.6 Å². The number of hydrogen-bond acceptors (Lipinski definition) is 11. The molecule has 1 saturated heterocycles. The van der Waals surface area contributed by atoms with Gasteiger partial charge in [0.1, 0.15) is 41.3 Å². The molecule has 1 aliphatic heterocycles. The van der Waals surface area contributed by atoms with Crippen LogP contribution in [-0.4, -0.2) is 70.9 Å². The molecule has 0 saturated carbocycles. The van der Waals surface area contributed by atoms with Gasteiger partial charge >= 0.3 is 5.97 Å². The standard InChI is InChI=1S/C40H45N5O8/c1-25(2)22-41-39-43-37-36(38(48)44-39)42-24-45(37)34-21-32(53-35(47)20-11-26(3)46)33(52-34)23-51-40(27-9-7-6-8-10-27,28-12-16-30(49-4)17-13-28)29-14-18-31(50-5)19-15-29/h6-10,12-19,24-25,32-34H,11,20-23H2,1-5H3,(H2,41,43,44,48)/t32-,33+,34+/m0/s1. The highest BCUT2D eigenvalue weighted by Crippen LogP contribution is 2.43. The topological polar surface area (TPSA) is 156 Å². The van der Waals surface area contributed by atoms with E-state index in [4.69, 9.17) is 23.7 Å². The molecular weight excluding hydrogens is 678 g/mol. The second kappa shape index (κ2) is 16.4. The first kappa shape index (κ1) is 37.2. The van der Waals surface area contributed by atoms with E-state index in [1.54, 1.807) is 18.8 Å². The molecule has 13 nitrogen and oxygen atoms in total. The molecule has 3 aromatic carbocycles. The van der Waals surface area contributed by atoms with Gasteiger partial charge in [-0.2, -0.15) is 4.98 Å². The predicted molar refractivity (Wildman–Crippen MR) is 198 cm³/mol. The van der Waals surface area contributed by atoms with Crippen LogP contribution in [-0.2, 0) is 29.4 Å². The van der Waals surface area contributed by atoms with E-state index in [1.165, 1.54) is 13.3 Å². The van der Waals surface area contributed by atoms with E-state index in [9.17, 15) is 14.4 Å². The number of Topliss-reactive ketones (excluding diaryl/α,β-unsaturated/α-hetero) is 1. The average Bonchev–Trinajstić information content (AvgIpc) is 3.78. The van der Waals surface area contributed by atoms with Gasteiger partial charge < -0.3 is 33.8 Å². The Morgan fingerprint density at radius 2 is 1.57 bits per heavy atom. The molecule has 0 bridgehead atoms. The van der Waals surface area contributed by atoms with Gasteiger partial charge in [0.05, 0.1) is 33.6 Å². The van der Waals surface area contributed by atoms with Gasteiger partial charge in [-0.05, 0) is 53.8 Å². The number of methoxy groups -OCH3 is 2. The Morgan fingerprint density at radius 1 is 0.943 bits per heavy atom. The van der Waals surface area contributed by atoms with Gasteiger partial charge in [0.25, 0.3) is 5.56 Å². The summed E-state index contributed by atoms with van der Waals surface area (Å²) in [5.41, 5.74) is 1.43. The number of imidazole rings is 1. The van der Waals surface area contributed by atoms with E-state index in [-0.39, 0.29) is 37.2 Å². The summed E-state index contributed by atoms with van der Waals surface area (Å²) in [5.74, 6) is 1.37. The van der Waals surface area contributed by atoms with Crippen LogP contribution in [0.1, 0.15) is 63.0 Å². The number of carbonyl (C=O) groups excluding carboxylic acids is 2. The first-order valence-electron chi connectivity index (χ1n) is 17.6. The number of aromatic nitrogens is 4. The third-order valence-electron chi connectivity index (χ3n) is 9.20. The Balaban J connectivity index is 1.39. The average molecular weight is 724 g/mol. The van der Waals surface area contributed by atoms with Crippen molar-refractivity contribution >= 4 is 28.9 Å². The highest BCUT2D eigenvalue weighted by atomic mass is 16.6. The highest BCUT2D eigenvalue weighted by molar-refractivity contribution is 5.81. The molecule has 0 radical (unpaired) electrons. The number of anilines is 1. The van der Waals surface area contributed by atoms with Gasteiger partial charge in [-0.1, -0.05) is 68.4 Å². The number of nitrogens with one attached hydrogen (secondary N) is 2. The molecule has 0 spiro atoms. The van der Waals surface area contributed by atoms with Crippen LogP contribution in [0.5, 0.6) is 11.5 Å². The van der Waals surface area contributed by atoms with Crippen LogP contribution in [0.4, 0.5) is 5.95 Å². The number of fused-ring (bicyclic) bond motifs is 1. The quantitative estimate of drug-likeness (QED) is 0.0940. The molecule has 2 aromatic heterocycles. The lowest BCUT2D eigenvalue weighted by atomic mass is 9.80. The van der Waals surface area contributed by atoms with Crippen molar-refractivity contribution in [2.75, 3.05) is 32.7 Å². The number of H-pyrrole nitrogens is 1. The van der Waals surface area contributed by atoms with Crippen molar-refractivity contribution < 1.29 is 33.3 Å². The van der Waals surface area contributed by atoms with Crippen molar-refractivity contribution in [1.29, 1.82) is 0 Å². The minimum Gasteiger partial charge on any atom is -0.497 e. The molecule has 1 fully saturated rings. The zero-order chi connectivity index (χ0) is 37.5. The molecule has 6 rings (SSSR count). The minimum absolute atomic E-state index is 0.0179. The number of nitrogens with zero attached hydrogens (tertiary/aromatic N) is 3. The summed E-state index contributed by atoms with van der Waals surface area (Å²) in [4.78, 5) is 49.5. The zero-order valence-corrected chi connectivity index (χ0v) is 30.5. The Hall–Kier alpha value is -5.53. The number of carbonyl (C=O) groups is 2. The van der Waals surface area contributed by atoms with E-state index in [1.807, 2.05) is 78.9 Å². The van der Waals surface area contributed by atoms with E-state index < -0.39 is 35.6 Å². The van der Waals surface area contributed by atoms with Crippen molar-refractivity contribution in [2.45, 2.75) is 64.1 Å². The van der Waals surface area contributed by atoms with E-state index in [0.717, 1.165) is 16.7 Å². The van der Waals surface area contributed by atoms with Gasteiger partial charge in [0, 0.05) is 19.4 Å². The molecule has 0 amide bonds. The maximum Gasteiger partial charge on any atom is 0.306 e. The summed E-state index contributed by atoms with van der Waals surface area (Å²) in [6.45, 7) is 6.12. The number of esters is 1. The molecule has 278 valence electrons. The largest absolute Gasteiger partial charge is 0.497 e. The third kappa shape index (κ3) is 8.26. The molecule has 0 aliphatic carbocycles. The number of hydrogen-bond donors (Lipinski definition) is 2. The number of ether oxygens (including phenoxy) is 5. The van der Waals surface area contributed by atoms with E-state index in [2.05, 4.69) is 34.1 Å². The Kier molecular flexibility index (Phi) is 11.5. The van der Waals surface area contributed by atoms with Crippen LogP contribution < -0.4 is 20.3 Å². The third-order valence-corrected chi connectivity index (χ3v) is 9.20. The van der Waals surface area contributed by atoms with Crippen LogP contribution in [0.3, 0.4) is 0 Å². The highest BCUT2D eigenvalue weighted by Gasteiger charge is 2.44. The molecule has 0 unspecified atom stereocenters. The van der Waals surface area contributed by atoms with Crippen molar-refractivity contribution in [3.8, 4) is 11.5 Å². The Bertz CT molecular complexity index is 2010. The fraction of sp³-hybridized carbons (Fsp3) is 0.375. The number of rotatable bonds is 16. The molecule has 53 heavy (non-hydrogen) atoms. The van der Waals surface area contributed by atoms with Crippen LogP contribution in [0.15, 0.2) is 90.0 Å². The van der Waals surface area contributed by atoms with Crippen molar-refractivity contribution in [3.63, 3.8) is 0 Å². The van der Waals surface area contributed by atoms with E-state index >= 15 is 0 Å². The molecule has 2 N–H and O–H groups in total. The normalized spacial score (nSPS) is 17.2. The lowest BCUT2D eigenvalue weighted by molar-refractivity contribution is -0.156. The lowest BCUT2D eigenvalue weighted by Gasteiger charge is -2.37. The molecule has 5 aromatic rings. The van der Waals surface area contributed by atoms with Crippen LogP contribution in [0.2, 0.25) is 0 Å². The minimum atomic E-state index is -1.15. The SMILES string of the molecule is COc1ccc(C(OC[C@H]2O[C@@H](n3cnc4c(=O)[nH]c(NCC(C)C)nc43)C[C@@H]2OC(=O)CCC(C)=O)(c2ccccc2)c2ccc(OC)cc2)cc1. The molecular formula is C40H45N5O8. The lowest BCUT2D eigenvalue weighted by Crippen LogP contribution is -2.39. The van der Waals surface area contributed by atoms with Gasteiger partial charge in [-0.15, -0.1) is 0 Å². The molecule has 3 atom stereocenters. The van der Waals surface area contributed by atoms with Gasteiger partial charge in [0.15, 0.2) is 11.2 Å². The second-order valence-electron chi connectivity index (χ2n) is 13.4. The van der Waals surface area contributed by atoms with Crippen molar-refractivity contribution in [1.82, 2.24) is 19.5 Å². The second-order valence-corrected chi connectivity index (χ2v) is 13.4. The summed E-state index contributed by atoms with van der Waals surface area (Å²) >= 11 is 0. The van der Waals surface area contributed by atoms with Gasteiger partial charge in [0.2, 0.25) is 5.95 Å². The number of benzene rings is 3. The fourth-order valence-electron chi connectivity index (χ4n) is 6.45. The summed E-state index contributed by atoms with van der Waals surface area (Å²) in [6, 6.07) is 25.2. The van der Waals surface area contributed by atoms with Gasteiger partial charge in [-0.3, -0.25) is 19.1 Å². The number of aromatic amines is 1. The van der Waals surface area contributed by atoms with Crippen LogP contribution in [0, 0.1) is 5.92 Å². The number of ketones is 1. The first-order chi connectivity index (χ1) is 25.6. The van der Waals surface area contributed by atoms with Crippen LogP contribution >= 0.6 is 0 Å². The molecule has 13 heteroatoms.